The Morgan fingerprint density at radius 2 is 1.59 bits per heavy atom. The molecule has 0 bridgehead atoms. The summed E-state index contributed by atoms with van der Waals surface area (Å²) in [5.74, 6) is -6.13. The molecule has 2 aromatic rings. The third-order valence-electron chi connectivity index (χ3n) is 17.6. The summed E-state index contributed by atoms with van der Waals surface area (Å²) >= 11 is 0. The summed E-state index contributed by atoms with van der Waals surface area (Å²) in [6.45, 7) is 17.3. The Morgan fingerprint density at radius 3 is 2.23 bits per heavy atom. The van der Waals surface area contributed by atoms with E-state index >= 15 is 4.39 Å². The summed E-state index contributed by atoms with van der Waals surface area (Å²) in [6, 6.07) is 3.80. The maximum atomic E-state index is 15.2. The fourth-order valence-corrected chi connectivity index (χ4v) is 12.4. The number of Topliss-reactive ketones (excluding diaryl/α,β-unsaturated/α-hetero) is 1. The number of anilines is 2. The molecule has 0 radical (unpaired) electrons. The van der Waals surface area contributed by atoms with Crippen molar-refractivity contribution in [1.29, 1.82) is 0 Å². The number of ketones is 1. The maximum absolute atomic E-state index is 15.2. The molecule has 4 saturated heterocycles. The number of benzene rings is 1. The molecule has 0 unspecified atom stereocenters. The number of aliphatic hydroxyl groups is 4. The lowest BCUT2D eigenvalue weighted by Gasteiger charge is -2.50. The van der Waals surface area contributed by atoms with Crippen molar-refractivity contribution in [3.63, 3.8) is 0 Å². The van der Waals surface area contributed by atoms with Crippen LogP contribution in [-0.4, -0.2) is 190 Å². The second kappa shape index (κ2) is 24.9. The van der Waals surface area contributed by atoms with E-state index < -0.39 is 132 Å². The molecule has 21 atom stereocenters. The highest BCUT2D eigenvalue weighted by molar-refractivity contribution is 5.90. The molecule has 7 rings (SSSR count). The average molecular weight is 1120 g/mol. The summed E-state index contributed by atoms with van der Waals surface area (Å²) in [6.07, 6.45) is -8.24. The molecule has 1 aliphatic carbocycles. The van der Waals surface area contributed by atoms with E-state index in [1.165, 1.54) is 57.5 Å². The minimum atomic E-state index is -2.03. The third-order valence-corrected chi connectivity index (χ3v) is 17.6. The largest absolute Gasteiger partial charge is 0.459 e. The molecular formula is C56H85FN6O16. The van der Waals surface area contributed by atoms with Gasteiger partial charge in [-0.3, -0.25) is 19.3 Å². The zero-order valence-corrected chi connectivity index (χ0v) is 47.9. The van der Waals surface area contributed by atoms with Crippen molar-refractivity contribution in [3.8, 4) is 11.1 Å². The summed E-state index contributed by atoms with van der Waals surface area (Å²) < 4.78 is 65.5. The van der Waals surface area contributed by atoms with E-state index in [-0.39, 0.29) is 73.1 Å². The van der Waals surface area contributed by atoms with Crippen LogP contribution in [0.4, 0.5) is 20.8 Å². The first-order chi connectivity index (χ1) is 37.1. The van der Waals surface area contributed by atoms with Gasteiger partial charge in [0.25, 0.3) is 0 Å². The third kappa shape index (κ3) is 13.4. The number of nitrogens with zero attached hydrogens (tertiary/aromatic N) is 4. The lowest BCUT2D eigenvalue weighted by atomic mass is 9.74. The molecule has 0 spiro atoms. The highest BCUT2D eigenvalue weighted by Crippen LogP contribution is 2.44. The maximum Gasteiger partial charge on any atom is 0.414 e. The van der Waals surface area contributed by atoms with Gasteiger partial charge in [0.05, 0.1) is 66.4 Å². The van der Waals surface area contributed by atoms with Crippen molar-refractivity contribution in [1.82, 2.24) is 20.2 Å². The van der Waals surface area contributed by atoms with Crippen molar-refractivity contribution in [3.05, 3.63) is 36.4 Å². The van der Waals surface area contributed by atoms with Crippen LogP contribution in [0.15, 0.2) is 30.6 Å². The van der Waals surface area contributed by atoms with Gasteiger partial charge in [0, 0.05) is 80.4 Å². The Morgan fingerprint density at radius 1 is 0.924 bits per heavy atom. The van der Waals surface area contributed by atoms with Crippen LogP contribution < -0.4 is 16.0 Å². The molecule has 5 fully saturated rings. The van der Waals surface area contributed by atoms with Gasteiger partial charge in [0.2, 0.25) is 11.9 Å². The quantitative estimate of drug-likeness (QED) is 0.138. The number of nitrogens with one attached hydrogen (secondary N) is 1. The molecule has 4 aliphatic heterocycles. The zero-order valence-electron chi connectivity index (χ0n) is 47.9. The van der Waals surface area contributed by atoms with E-state index in [0.717, 1.165) is 0 Å². The van der Waals surface area contributed by atoms with E-state index in [0.29, 0.717) is 24.9 Å². The van der Waals surface area contributed by atoms with Gasteiger partial charge >= 0.3 is 12.1 Å². The van der Waals surface area contributed by atoms with E-state index in [4.69, 9.17) is 43.6 Å². The number of nitrogen functional groups attached to an aromatic ring is 1. The van der Waals surface area contributed by atoms with Gasteiger partial charge in [0.1, 0.15) is 41.6 Å². The van der Waals surface area contributed by atoms with Gasteiger partial charge in [-0.05, 0) is 98.4 Å². The molecule has 1 saturated carbocycles. The van der Waals surface area contributed by atoms with Crippen molar-refractivity contribution < 1.29 is 81.9 Å². The number of hydrogen-bond acceptors (Lipinski definition) is 20. The lowest BCUT2D eigenvalue weighted by Crippen LogP contribution is -2.61. The number of hydrogen-bond donors (Lipinski definition) is 6. The van der Waals surface area contributed by atoms with Crippen molar-refractivity contribution in [2.24, 2.45) is 35.5 Å². The first-order valence-corrected chi connectivity index (χ1v) is 27.6. The predicted octanol–water partition coefficient (Wildman–Crippen LogP) is 3.77. The first-order valence-electron chi connectivity index (χ1n) is 27.6. The number of aromatic nitrogens is 2. The van der Waals surface area contributed by atoms with Crippen LogP contribution in [0.25, 0.3) is 11.1 Å². The fourth-order valence-electron chi connectivity index (χ4n) is 12.4. The number of nitrogens with two attached hydrogens (primary N) is 1. The standard InChI is InChI=1S/C56H85FN6O16/c1-14-41-56(10,71)46(66)29(4)43(64)27(2)20-55(9,73-13)48(30(5)45(31(6)50(69)77-41)78-42-21-54(8,72-12)47(67)32(7)75-42)79-51-44(65)40(17-28(3)74-51)62(11)25-33-18-38(33)49(68)59-24-36-26-63(53(70)76-36)35-15-16-37(39(57)19-35)34-22-60-52(58)61-23-34/h15-16,19,22-23,27-33,36,38,40-42,44-48,51,65-67,71H,14,17-18,20-21,24-26H2,1-13H3,(H,59,68)(H2,58,60,61)/t27-,28-,29+,30+,31-,32+,33+,36+,38-,40+,41-,42+,44-,45+,46-,47+,48-,51+,54-,55-,56-/m1/s1. The van der Waals surface area contributed by atoms with Crippen LogP contribution in [-0.2, 0) is 52.3 Å². The minimum absolute atomic E-state index is 0.0226. The van der Waals surface area contributed by atoms with Gasteiger partial charge in [-0.2, -0.15) is 0 Å². The Hall–Kier alpha value is -4.53. The Balaban J connectivity index is 1.06. The Labute approximate surface area is 462 Å². The number of carbonyl (C=O) groups is 4. The Kier molecular flexibility index (Phi) is 19.6. The van der Waals surface area contributed by atoms with Gasteiger partial charge in [0.15, 0.2) is 12.6 Å². The summed E-state index contributed by atoms with van der Waals surface area (Å²) in [5.41, 5.74) is 1.99. The number of ether oxygens (including phenoxy) is 8. The van der Waals surface area contributed by atoms with Gasteiger partial charge in [-0.25, -0.2) is 19.2 Å². The van der Waals surface area contributed by atoms with E-state index in [2.05, 4.69) is 15.3 Å². The number of halogens is 1. The molecule has 442 valence electrons. The van der Waals surface area contributed by atoms with Gasteiger partial charge < -0.3 is 74.3 Å². The molecule has 5 aliphatic rings. The van der Waals surface area contributed by atoms with Crippen LogP contribution in [0.3, 0.4) is 0 Å². The SMILES string of the molecule is CC[C@H]1OC(=O)[C@H](C)[C@@H](O[C@H]2C[C@@](C)(OC)[C@@H](O)[C@H](C)O2)[C@H](C)[C@@H](O[C@@H]2O[C@H](C)C[C@H](N(C)C[C@@H]3C[C@H]3C(=O)NC[C@H]3CN(c4ccc(-c5cnc(N)nc5)c(F)c4)C(=O)O3)[C@H]2O)[C@](C)(OC)C[C@@H](C)C(=O)[C@H](C)[C@@H](O)[C@]1(C)O. The van der Waals surface area contributed by atoms with Crippen LogP contribution in [0.5, 0.6) is 0 Å². The molecule has 1 aromatic heterocycles. The Bertz CT molecular complexity index is 2460. The molecule has 1 aromatic carbocycles. The monoisotopic (exact) mass is 1120 g/mol. The van der Waals surface area contributed by atoms with Gasteiger partial charge in [-0.15, -0.1) is 0 Å². The number of methoxy groups -OCH3 is 2. The van der Waals surface area contributed by atoms with E-state index in [1.807, 2.05) is 18.9 Å². The summed E-state index contributed by atoms with van der Waals surface area (Å²) in [4.78, 5) is 66.4. The molecule has 2 amide bonds. The van der Waals surface area contributed by atoms with Crippen molar-refractivity contribution in [2.45, 2.75) is 192 Å². The number of cyclic esters (lactones) is 2. The molecule has 7 N–H and O–H groups in total. The van der Waals surface area contributed by atoms with Crippen LogP contribution in [0.1, 0.15) is 101 Å². The topological polar surface area (TPSA) is 293 Å². The number of likely N-dealkylation sites (N-methyl/N-ethyl adjacent to an activating group) is 1. The lowest BCUT2D eigenvalue weighted by molar-refractivity contribution is -0.319. The number of amides is 2. The highest BCUT2D eigenvalue weighted by atomic mass is 19.1. The molecular weight excluding hydrogens is 1030 g/mol. The highest BCUT2D eigenvalue weighted by Gasteiger charge is 2.55. The first kappa shape index (κ1) is 62.1. The van der Waals surface area contributed by atoms with Crippen molar-refractivity contribution in [2.75, 3.05) is 51.5 Å². The summed E-state index contributed by atoms with van der Waals surface area (Å²) in [5, 5.41) is 49.8. The number of esters is 1. The number of rotatable bonds is 15. The molecule has 23 heteroatoms. The number of aliphatic hydroxyl groups excluding tert-OH is 3. The van der Waals surface area contributed by atoms with Crippen LogP contribution in [0, 0.1) is 41.3 Å². The smallest absolute Gasteiger partial charge is 0.414 e. The summed E-state index contributed by atoms with van der Waals surface area (Å²) in [7, 11) is 4.82. The van der Waals surface area contributed by atoms with Crippen LogP contribution in [0.2, 0.25) is 0 Å². The van der Waals surface area contributed by atoms with E-state index in [1.54, 1.807) is 54.5 Å². The molecule has 5 heterocycles. The fraction of sp³-hybridized carbons (Fsp3) is 0.750. The number of carbonyl (C=O) groups excluding carboxylic acids is 4. The predicted molar refractivity (Wildman–Crippen MR) is 284 cm³/mol. The van der Waals surface area contributed by atoms with Crippen molar-refractivity contribution >= 4 is 35.4 Å². The molecule has 22 nitrogen and oxygen atoms in total. The molecule has 79 heavy (non-hydrogen) atoms. The normalized spacial score (nSPS) is 40.6. The van der Waals surface area contributed by atoms with E-state index in [9.17, 15) is 39.6 Å². The zero-order chi connectivity index (χ0) is 58.2. The second-order valence-electron chi connectivity index (χ2n) is 23.6. The minimum Gasteiger partial charge on any atom is -0.459 e. The van der Waals surface area contributed by atoms with Gasteiger partial charge in [-0.1, -0.05) is 27.7 Å². The van der Waals surface area contributed by atoms with Crippen LogP contribution >= 0.6 is 0 Å². The average Bonchev–Trinajstić information content (AvgIpc) is 4.10. The second-order valence-corrected chi connectivity index (χ2v) is 23.6.